The van der Waals surface area contributed by atoms with E-state index in [4.69, 9.17) is 14.6 Å². The zero-order chi connectivity index (χ0) is 16.9. The molecule has 1 fully saturated rings. The number of fused-ring (bicyclic) bond motifs is 1. The molecule has 1 aliphatic rings. The maximum absolute atomic E-state index is 5.32. The molecule has 3 aromatic heterocycles. The summed E-state index contributed by atoms with van der Waals surface area (Å²) >= 11 is 1.66. The molecule has 4 heterocycles. The molecular weight excluding hydrogens is 324 g/mol. The van der Waals surface area contributed by atoms with Crippen LogP contribution in [0.3, 0.4) is 0 Å². The Morgan fingerprint density at radius 3 is 2.54 bits per heavy atom. The number of anilines is 1. The van der Waals surface area contributed by atoms with E-state index in [9.17, 15) is 0 Å². The van der Waals surface area contributed by atoms with Crippen LogP contribution in [0, 0.1) is 6.92 Å². The summed E-state index contributed by atoms with van der Waals surface area (Å²) in [4.78, 5) is 12.4. The van der Waals surface area contributed by atoms with E-state index in [1.54, 1.807) is 11.3 Å². The number of imidazole rings is 1. The SMILES string of the molecule is Cc1noc(C2CCN(c3nn4cc(C(C)(C)C)nc4s3)CC2)n1. The molecule has 7 nitrogen and oxygen atoms in total. The molecule has 0 spiro atoms. The number of hydrogen-bond acceptors (Lipinski definition) is 7. The number of hydrogen-bond donors (Lipinski definition) is 0. The minimum atomic E-state index is 0.0497. The van der Waals surface area contributed by atoms with Crippen LogP contribution in [0.4, 0.5) is 5.13 Å². The minimum absolute atomic E-state index is 0.0497. The summed E-state index contributed by atoms with van der Waals surface area (Å²) in [5.74, 6) is 1.85. The zero-order valence-corrected chi connectivity index (χ0v) is 15.3. The maximum atomic E-state index is 5.32. The first-order valence-electron chi connectivity index (χ1n) is 8.32. The van der Waals surface area contributed by atoms with Gasteiger partial charge >= 0.3 is 0 Å². The van der Waals surface area contributed by atoms with E-state index in [0.29, 0.717) is 11.7 Å². The number of piperidine rings is 1. The van der Waals surface area contributed by atoms with Gasteiger partial charge in [0.25, 0.3) is 0 Å². The monoisotopic (exact) mass is 346 g/mol. The molecular formula is C16H22N6OS. The molecule has 0 saturated carbocycles. The number of aryl methyl sites for hydroxylation is 1. The van der Waals surface area contributed by atoms with E-state index in [0.717, 1.165) is 47.6 Å². The molecule has 0 bridgehead atoms. The van der Waals surface area contributed by atoms with Crippen molar-refractivity contribution in [1.29, 1.82) is 0 Å². The summed E-state index contributed by atoms with van der Waals surface area (Å²) in [6.45, 7) is 10.3. The van der Waals surface area contributed by atoms with Crippen molar-refractivity contribution in [3.63, 3.8) is 0 Å². The number of aromatic nitrogens is 5. The van der Waals surface area contributed by atoms with Gasteiger partial charge < -0.3 is 9.42 Å². The average Bonchev–Trinajstić information content (AvgIpc) is 3.20. The molecule has 0 atom stereocenters. The first-order chi connectivity index (χ1) is 11.4. The minimum Gasteiger partial charge on any atom is -0.347 e. The first-order valence-corrected chi connectivity index (χ1v) is 9.13. The third kappa shape index (κ3) is 2.79. The summed E-state index contributed by atoms with van der Waals surface area (Å²) < 4.78 is 7.23. The first kappa shape index (κ1) is 15.6. The Kier molecular flexibility index (Phi) is 3.59. The van der Waals surface area contributed by atoms with Crippen LogP contribution < -0.4 is 4.90 Å². The second kappa shape index (κ2) is 5.54. The summed E-state index contributed by atoms with van der Waals surface area (Å²) in [7, 11) is 0. The maximum Gasteiger partial charge on any atom is 0.229 e. The van der Waals surface area contributed by atoms with Crippen LogP contribution in [-0.2, 0) is 5.41 Å². The van der Waals surface area contributed by atoms with Crippen molar-refractivity contribution >= 4 is 21.4 Å². The van der Waals surface area contributed by atoms with E-state index >= 15 is 0 Å². The Morgan fingerprint density at radius 2 is 1.96 bits per heavy atom. The Bertz CT molecular complexity index is 818. The molecule has 1 saturated heterocycles. The van der Waals surface area contributed by atoms with Gasteiger partial charge in [-0.05, 0) is 19.8 Å². The number of nitrogens with zero attached hydrogens (tertiary/aromatic N) is 6. The lowest BCUT2D eigenvalue weighted by molar-refractivity contribution is 0.327. The molecule has 4 rings (SSSR count). The number of rotatable bonds is 2. The molecule has 0 aliphatic carbocycles. The van der Waals surface area contributed by atoms with Crippen LogP contribution in [0.2, 0.25) is 0 Å². The highest BCUT2D eigenvalue weighted by Gasteiger charge is 2.27. The van der Waals surface area contributed by atoms with Gasteiger partial charge in [0.05, 0.1) is 11.9 Å². The quantitative estimate of drug-likeness (QED) is 0.710. The third-order valence-corrected chi connectivity index (χ3v) is 5.44. The van der Waals surface area contributed by atoms with Gasteiger partial charge in [-0.3, -0.25) is 0 Å². The molecule has 8 heteroatoms. The van der Waals surface area contributed by atoms with E-state index in [-0.39, 0.29) is 5.41 Å². The van der Waals surface area contributed by atoms with Gasteiger partial charge in [-0.15, -0.1) is 5.10 Å². The normalized spacial score (nSPS) is 17.1. The smallest absolute Gasteiger partial charge is 0.229 e. The summed E-state index contributed by atoms with van der Waals surface area (Å²) in [6, 6.07) is 0. The second-order valence-electron chi connectivity index (χ2n) is 7.43. The Balaban J connectivity index is 1.47. The summed E-state index contributed by atoms with van der Waals surface area (Å²) in [6.07, 6.45) is 4.07. The van der Waals surface area contributed by atoms with Crippen LogP contribution in [-0.4, -0.2) is 37.8 Å². The molecule has 128 valence electrons. The van der Waals surface area contributed by atoms with Crippen LogP contribution in [0.25, 0.3) is 4.96 Å². The summed E-state index contributed by atoms with van der Waals surface area (Å²) in [5, 5.41) is 9.66. The second-order valence-corrected chi connectivity index (χ2v) is 8.36. The highest BCUT2D eigenvalue weighted by Crippen LogP contribution is 2.32. The van der Waals surface area contributed by atoms with Crippen LogP contribution in [0.5, 0.6) is 0 Å². The molecule has 0 N–H and O–H groups in total. The van der Waals surface area contributed by atoms with Gasteiger partial charge in [-0.1, -0.05) is 37.3 Å². The van der Waals surface area contributed by atoms with Crippen molar-refractivity contribution in [1.82, 2.24) is 24.7 Å². The van der Waals surface area contributed by atoms with Gasteiger partial charge in [-0.2, -0.15) is 4.98 Å². The fourth-order valence-electron chi connectivity index (χ4n) is 2.98. The summed E-state index contributed by atoms with van der Waals surface area (Å²) in [5.41, 5.74) is 1.13. The van der Waals surface area contributed by atoms with Crippen molar-refractivity contribution in [2.75, 3.05) is 18.0 Å². The van der Waals surface area contributed by atoms with Crippen LogP contribution >= 0.6 is 11.3 Å². The predicted octanol–water partition coefficient (Wildman–Crippen LogP) is 3.16. The van der Waals surface area contributed by atoms with E-state index in [2.05, 4.69) is 35.8 Å². The Morgan fingerprint density at radius 1 is 1.21 bits per heavy atom. The molecule has 0 amide bonds. The molecule has 0 unspecified atom stereocenters. The standard InChI is InChI=1S/C16H22N6OS/c1-10-17-13(23-20-10)11-5-7-21(8-6-11)15-19-22-9-12(16(2,3)4)18-14(22)24-15/h9,11H,5-8H2,1-4H3. The average molecular weight is 346 g/mol. The van der Waals surface area contributed by atoms with E-state index in [1.807, 2.05) is 17.6 Å². The third-order valence-electron chi connectivity index (χ3n) is 4.46. The van der Waals surface area contributed by atoms with Gasteiger partial charge in [0.2, 0.25) is 16.0 Å². The Hall–Kier alpha value is -1.96. The van der Waals surface area contributed by atoms with Gasteiger partial charge in [0, 0.05) is 24.4 Å². The lowest BCUT2D eigenvalue weighted by Crippen LogP contribution is -2.33. The van der Waals surface area contributed by atoms with Crippen molar-refractivity contribution in [3.8, 4) is 0 Å². The molecule has 0 radical (unpaired) electrons. The fourth-order valence-corrected chi connectivity index (χ4v) is 3.91. The molecule has 1 aliphatic heterocycles. The lowest BCUT2D eigenvalue weighted by Gasteiger charge is -2.29. The van der Waals surface area contributed by atoms with Crippen LogP contribution in [0.15, 0.2) is 10.7 Å². The topological polar surface area (TPSA) is 72.4 Å². The van der Waals surface area contributed by atoms with E-state index in [1.165, 1.54) is 0 Å². The zero-order valence-electron chi connectivity index (χ0n) is 14.5. The van der Waals surface area contributed by atoms with Crippen LogP contribution in [0.1, 0.15) is 56.9 Å². The van der Waals surface area contributed by atoms with Crippen molar-refractivity contribution in [3.05, 3.63) is 23.6 Å². The molecule has 24 heavy (non-hydrogen) atoms. The van der Waals surface area contributed by atoms with Gasteiger partial charge in [0.15, 0.2) is 5.82 Å². The van der Waals surface area contributed by atoms with Crippen molar-refractivity contribution in [2.24, 2.45) is 0 Å². The Labute approximate surface area is 144 Å². The highest BCUT2D eigenvalue weighted by molar-refractivity contribution is 7.20. The fraction of sp³-hybridized carbons (Fsp3) is 0.625. The van der Waals surface area contributed by atoms with E-state index < -0.39 is 0 Å². The highest BCUT2D eigenvalue weighted by atomic mass is 32.1. The van der Waals surface area contributed by atoms with Crippen molar-refractivity contribution in [2.45, 2.75) is 51.9 Å². The molecule has 3 aromatic rings. The largest absolute Gasteiger partial charge is 0.347 e. The molecule has 0 aromatic carbocycles. The van der Waals surface area contributed by atoms with Crippen molar-refractivity contribution < 1.29 is 4.52 Å². The van der Waals surface area contributed by atoms with Gasteiger partial charge in [-0.25, -0.2) is 9.50 Å². The lowest BCUT2D eigenvalue weighted by atomic mass is 9.93. The predicted molar refractivity (Wildman–Crippen MR) is 92.8 cm³/mol. The van der Waals surface area contributed by atoms with Gasteiger partial charge in [0.1, 0.15) is 0 Å².